The number of benzene rings is 2. The van der Waals surface area contributed by atoms with Crippen molar-refractivity contribution in [3.05, 3.63) is 58.6 Å². The number of halogens is 1. The lowest BCUT2D eigenvalue weighted by Crippen LogP contribution is -2.13. The number of esters is 1. The third-order valence-electron chi connectivity index (χ3n) is 3.46. The van der Waals surface area contributed by atoms with Gasteiger partial charge in [-0.25, -0.2) is 4.79 Å². The number of amides is 1. The Bertz CT molecular complexity index is 848. The number of carbonyl (C=O) groups excluding carboxylic acids is 2. The van der Waals surface area contributed by atoms with Gasteiger partial charge in [-0.15, -0.1) is 0 Å². The second-order valence-corrected chi connectivity index (χ2v) is 5.56. The molecule has 2 aromatic carbocycles. The molecule has 0 unspecified atom stereocenters. The molecule has 0 heterocycles. The van der Waals surface area contributed by atoms with Crippen LogP contribution in [0, 0.1) is 0 Å². The summed E-state index contributed by atoms with van der Waals surface area (Å²) in [6.45, 7) is 0. The number of rotatable bonds is 6. The molecule has 136 valence electrons. The summed E-state index contributed by atoms with van der Waals surface area (Å²) in [5.41, 5.74) is 1.16. The van der Waals surface area contributed by atoms with E-state index in [-0.39, 0.29) is 11.3 Å². The van der Waals surface area contributed by atoms with E-state index < -0.39 is 11.9 Å². The summed E-state index contributed by atoms with van der Waals surface area (Å²) in [5.74, 6) is -0.322. The van der Waals surface area contributed by atoms with Crippen molar-refractivity contribution < 1.29 is 23.8 Å². The molecule has 0 atom stereocenters. The molecule has 0 fully saturated rings. The molecule has 0 aliphatic carbocycles. The second-order valence-electron chi connectivity index (χ2n) is 5.12. The summed E-state index contributed by atoms with van der Waals surface area (Å²) >= 11 is 5.91. The van der Waals surface area contributed by atoms with E-state index in [9.17, 15) is 9.59 Å². The van der Waals surface area contributed by atoms with Crippen molar-refractivity contribution in [3.8, 4) is 11.5 Å². The minimum atomic E-state index is -0.611. The first kappa shape index (κ1) is 19.3. The normalized spacial score (nSPS) is 10.5. The van der Waals surface area contributed by atoms with Crippen LogP contribution in [0.5, 0.6) is 11.5 Å². The van der Waals surface area contributed by atoms with Crippen LogP contribution in [0.3, 0.4) is 0 Å². The lowest BCUT2D eigenvalue weighted by molar-refractivity contribution is -0.111. The fourth-order valence-corrected chi connectivity index (χ4v) is 2.42. The Morgan fingerprint density at radius 3 is 2.35 bits per heavy atom. The van der Waals surface area contributed by atoms with E-state index in [2.05, 4.69) is 5.32 Å². The molecule has 0 aliphatic heterocycles. The lowest BCUT2D eigenvalue weighted by Gasteiger charge is -2.14. The van der Waals surface area contributed by atoms with E-state index in [0.29, 0.717) is 16.5 Å². The van der Waals surface area contributed by atoms with Crippen molar-refractivity contribution in [2.24, 2.45) is 0 Å². The van der Waals surface area contributed by atoms with Gasteiger partial charge in [-0.1, -0.05) is 23.7 Å². The molecule has 1 amide bonds. The Morgan fingerprint density at radius 1 is 1.04 bits per heavy atom. The van der Waals surface area contributed by atoms with Gasteiger partial charge in [0.15, 0.2) is 11.5 Å². The first-order valence-electron chi connectivity index (χ1n) is 7.57. The van der Waals surface area contributed by atoms with Crippen molar-refractivity contribution >= 4 is 35.2 Å². The monoisotopic (exact) mass is 375 g/mol. The average molecular weight is 376 g/mol. The Balaban J connectivity index is 2.28. The van der Waals surface area contributed by atoms with Gasteiger partial charge in [0, 0.05) is 23.2 Å². The number of methoxy groups -OCH3 is 3. The smallest absolute Gasteiger partial charge is 0.340 e. The van der Waals surface area contributed by atoms with Gasteiger partial charge in [0.25, 0.3) is 0 Å². The second kappa shape index (κ2) is 8.92. The van der Waals surface area contributed by atoms with Crippen molar-refractivity contribution in [1.82, 2.24) is 0 Å². The Kier molecular flexibility index (Phi) is 6.63. The van der Waals surface area contributed by atoms with Gasteiger partial charge >= 0.3 is 5.97 Å². The SMILES string of the molecule is COC(=O)c1cc(OC)c(OC)cc1NC(=O)/C=C/c1cccc(Cl)c1. The zero-order chi connectivity index (χ0) is 19.1. The Labute approximate surface area is 156 Å². The maximum atomic E-state index is 12.2. The molecule has 0 radical (unpaired) electrons. The van der Waals surface area contributed by atoms with Crippen LogP contribution in [0.4, 0.5) is 5.69 Å². The quantitative estimate of drug-likeness (QED) is 0.614. The van der Waals surface area contributed by atoms with E-state index in [0.717, 1.165) is 5.56 Å². The Morgan fingerprint density at radius 2 is 1.73 bits per heavy atom. The van der Waals surface area contributed by atoms with Gasteiger partial charge in [0.1, 0.15) is 0 Å². The van der Waals surface area contributed by atoms with Gasteiger partial charge < -0.3 is 19.5 Å². The molecule has 2 aromatic rings. The summed E-state index contributed by atoms with van der Waals surface area (Å²) in [7, 11) is 4.16. The van der Waals surface area contributed by atoms with Gasteiger partial charge in [-0.05, 0) is 23.8 Å². The van der Waals surface area contributed by atoms with Crippen molar-refractivity contribution in [2.45, 2.75) is 0 Å². The van der Waals surface area contributed by atoms with Crippen LogP contribution in [-0.4, -0.2) is 33.2 Å². The fourth-order valence-electron chi connectivity index (χ4n) is 2.22. The summed E-state index contributed by atoms with van der Waals surface area (Å²) in [5, 5.41) is 3.21. The number of hydrogen-bond acceptors (Lipinski definition) is 5. The molecule has 2 rings (SSSR count). The van der Waals surface area contributed by atoms with Crippen LogP contribution in [0.15, 0.2) is 42.5 Å². The van der Waals surface area contributed by atoms with Gasteiger partial charge in [0.05, 0.1) is 32.6 Å². The van der Waals surface area contributed by atoms with E-state index in [4.69, 9.17) is 25.8 Å². The van der Waals surface area contributed by atoms with Crippen LogP contribution < -0.4 is 14.8 Å². The van der Waals surface area contributed by atoms with Crippen molar-refractivity contribution in [2.75, 3.05) is 26.6 Å². The number of ether oxygens (including phenoxy) is 3. The molecule has 0 aliphatic rings. The van der Waals surface area contributed by atoms with Crippen LogP contribution in [0.25, 0.3) is 6.08 Å². The molecule has 0 aromatic heterocycles. The van der Waals surface area contributed by atoms with E-state index >= 15 is 0 Å². The number of anilines is 1. The van der Waals surface area contributed by atoms with Crippen molar-refractivity contribution in [3.63, 3.8) is 0 Å². The fraction of sp³-hybridized carbons (Fsp3) is 0.158. The average Bonchev–Trinajstić information content (AvgIpc) is 2.65. The van der Waals surface area contributed by atoms with Crippen LogP contribution in [-0.2, 0) is 9.53 Å². The molecule has 7 heteroatoms. The van der Waals surface area contributed by atoms with E-state index in [1.807, 2.05) is 6.07 Å². The topological polar surface area (TPSA) is 73.9 Å². The largest absolute Gasteiger partial charge is 0.493 e. The highest BCUT2D eigenvalue weighted by atomic mass is 35.5. The lowest BCUT2D eigenvalue weighted by atomic mass is 10.1. The van der Waals surface area contributed by atoms with Crippen LogP contribution >= 0.6 is 11.6 Å². The van der Waals surface area contributed by atoms with Crippen LogP contribution in [0.2, 0.25) is 5.02 Å². The Hall–Kier alpha value is -2.99. The minimum Gasteiger partial charge on any atom is -0.493 e. The molecule has 0 bridgehead atoms. The zero-order valence-electron chi connectivity index (χ0n) is 14.5. The zero-order valence-corrected chi connectivity index (χ0v) is 15.3. The number of hydrogen-bond donors (Lipinski definition) is 1. The summed E-state index contributed by atoms with van der Waals surface area (Å²) < 4.78 is 15.1. The summed E-state index contributed by atoms with van der Waals surface area (Å²) in [4.78, 5) is 24.2. The predicted molar refractivity (Wildman–Crippen MR) is 100 cm³/mol. The highest BCUT2D eigenvalue weighted by Gasteiger charge is 2.18. The summed E-state index contributed by atoms with van der Waals surface area (Å²) in [6, 6.07) is 10.00. The molecular formula is C19H18ClNO5. The number of nitrogens with one attached hydrogen (secondary N) is 1. The molecule has 0 saturated heterocycles. The molecule has 26 heavy (non-hydrogen) atoms. The molecular weight excluding hydrogens is 358 g/mol. The first-order valence-corrected chi connectivity index (χ1v) is 7.95. The van der Waals surface area contributed by atoms with Gasteiger partial charge in [-0.2, -0.15) is 0 Å². The predicted octanol–water partition coefficient (Wildman–Crippen LogP) is 3.80. The van der Waals surface area contributed by atoms with Crippen LogP contribution in [0.1, 0.15) is 15.9 Å². The molecule has 0 spiro atoms. The molecule has 1 N–H and O–H groups in total. The maximum Gasteiger partial charge on any atom is 0.340 e. The third kappa shape index (κ3) is 4.77. The highest BCUT2D eigenvalue weighted by molar-refractivity contribution is 6.30. The highest BCUT2D eigenvalue weighted by Crippen LogP contribution is 2.33. The van der Waals surface area contributed by atoms with E-state index in [1.54, 1.807) is 24.3 Å². The van der Waals surface area contributed by atoms with Gasteiger partial charge in [0.2, 0.25) is 5.91 Å². The maximum absolute atomic E-state index is 12.2. The van der Waals surface area contributed by atoms with Gasteiger partial charge in [-0.3, -0.25) is 4.79 Å². The van der Waals surface area contributed by atoms with Crippen molar-refractivity contribution in [1.29, 1.82) is 0 Å². The minimum absolute atomic E-state index is 0.148. The summed E-state index contributed by atoms with van der Waals surface area (Å²) in [6.07, 6.45) is 2.95. The number of carbonyl (C=O) groups is 2. The standard InChI is InChI=1S/C19H18ClNO5/c1-24-16-10-14(19(23)26-3)15(11-17(16)25-2)21-18(22)8-7-12-5-4-6-13(20)9-12/h4-11H,1-3H3,(H,21,22)/b8-7+. The molecule has 0 saturated carbocycles. The van der Waals surface area contributed by atoms with E-state index in [1.165, 1.54) is 39.5 Å². The molecule has 6 nitrogen and oxygen atoms in total. The third-order valence-corrected chi connectivity index (χ3v) is 3.70. The first-order chi connectivity index (χ1) is 12.5.